The van der Waals surface area contributed by atoms with Gasteiger partial charge in [0.25, 0.3) is 0 Å². The van der Waals surface area contributed by atoms with Crippen molar-refractivity contribution in [1.29, 1.82) is 0 Å². The van der Waals surface area contributed by atoms with Crippen molar-refractivity contribution >= 4 is 42.0 Å². The van der Waals surface area contributed by atoms with E-state index in [1.165, 1.54) is 6.07 Å². The molecule has 0 saturated carbocycles. The molecule has 0 N–H and O–H groups in total. The Morgan fingerprint density at radius 2 is 1.52 bits per heavy atom. The van der Waals surface area contributed by atoms with E-state index in [0.717, 1.165) is 28.3 Å². The average Bonchev–Trinajstić information content (AvgIpc) is 3.21. The SMILES string of the molecule is Cc1c(CS(=O)(=O)Cl)cc(OS(=O)(=O)F)cc1N1CCN(C(=O)OCC2c3ccccc3-c3ccccc32)CC1. The van der Waals surface area contributed by atoms with Gasteiger partial charge in [-0.3, -0.25) is 0 Å². The van der Waals surface area contributed by atoms with Gasteiger partial charge in [0.05, 0.1) is 5.75 Å². The number of hydrogen-bond acceptors (Lipinski definition) is 8. The number of nitrogens with zero attached hydrogens (tertiary/aromatic N) is 2. The predicted molar refractivity (Wildman–Crippen MR) is 149 cm³/mol. The molecule has 1 fully saturated rings. The number of carbonyl (C=O) groups is 1. The lowest BCUT2D eigenvalue weighted by Gasteiger charge is -2.36. The molecule has 5 rings (SSSR count). The first-order valence-corrected chi connectivity index (χ1v) is 16.2. The third-order valence-corrected chi connectivity index (χ3v) is 8.57. The molecule has 9 nitrogen and oxygen atoms in total. The maximum Gasteiger partial charge on any atom is 0.488 e. The minimum absolute atomic E-state index is 0.0635. The zero-order valence-electron chi connectivity index (χ0n) is 21.4. The van der Waals surface area contributed by atoms with Gasteiger partial charge in [-0.05, 0) is 46.4 Å². The maximum absolute atomic E-state index is 13.2. The molecule has 40 heavy (non-hydrogen) atoms. The number of halogens is 2. The van der Waals surface area contributed by atoms with E-state index in [1.807, 2.05) is 41.3 Å². The van der Waals surface area contributed by atoms with Crippen LogP contribution in [0.1, 0.15) is 28.2 Å². The normalized spacial score (nSPS) is 15.5. The molecule has 3 aromatic carbocycles. The second kappa shape index (κ2) is 10.9. The first-order valence-electron chi connectivity index (χ1n) is 12.4. The van der Waals surface area contributed by atoms with Crippen LogP contribution in [0.5, 0.6) is 5.75 Å². The molecule has 1 aliphatic heterocycles. The highest BCUT2D eigenvalue weighted by Gasteiger charge is 2.31. The van der Waals surface area contributed by atoms with Gasteiger partial charge in [-0.15, -0.1) is 0 Å². The van der Waals surface area contributed by atoms with Crippen LogP contribution >= 0.6 is 10.7 Å². The van der Waals surface area contributed by atoms with E-state index in [9.17, 15) is 25.5 Å². The van der Waals surface area contributed by atoms with Crippen LogP contribution in [0.15, 0.2) is 60.7 Å². The number of amides is 1. The van der Waals surface area contributed by atoms with Crippen molar-refractivity contribution in [1.82, 2.24) is 4.90 Å². The lowest BCUT2D eigenvalue weighted by molar-refractivity contribution is 0.0976. The van der Waals surface area contributed by atoms with Gasteiger partial charge >= 0.3 is 16.6 Å². The van der Waals surface area contributed by atoms with Crippen molar-refractivity contribution < 1.29 is 34.4 Å². The second-order valence-corrected chi connectivity index (χ2v) is 13.4. The third-order valence-electron chi connectivity index (χ3n) is 7.20. The van der Waals surface area contributed by atoms with Gasteiger partial charge in [0.2, 0.25) is 9.05 Å². The largest absolute Gasteiger partial charge is 0.488 e. The number of piperazine rings is 1. The van der Waals surface area contributed by atoms with Crippen LogP contribution < -0.4 is 9.08 Å². The second-order valence-electron chi connectivity index (χ2n) is 9.66. The number of rotatable bonds is 7. The van der Waals surface area contributed by atoms with Gasteiger partial charge in [0.15, 0.2) is 0 Å². The summed E-state index contributed by atoms with van der Waals surface area (Å²) in [5, 5.41) is 0. The summed E-state index contributed by atoms with van der Waals surface area (Å²) >= 11 is 0. The van der Waals surface area contributed by atoms with Crippen LogP contribution in [0.25, 0.3) is 11.1 Å². The van der Waals surface area contributed by atoms with Crippen molar-refractivity contribution in [2.24, 2.45) is 0 Å². The number of ether oxygens (including phenoxy) is 1. The van der Waals surface area contributed by atoms with Crippen molar-refractivity contribution in [3.63, 3.8) is 0 Å². The molecule has 1 aliphatic carbocycles. The molecular formula is C27H26ClFN2O7S2. The highest BCUT2D eigenvalue weighted by molar-refractivity contribution is 8.13. The first-order chi connectivity index (χ1) is 18.9. The van der Waals surface area contributed by atoms with E-state index < -0.39 is 31.4 Å². The van der Waals surface area contributed by atoms with Crippen LogP contribution in [0.2, 0.25) is 0 Å². The monoisotopic (exact) mass is 608 g/mol. The quantitative estimate of drug-likeness (QED) is 0.354. The summed E-state index contributed by atoms with van der Waals surface area (Å²) in [7, 11) is -3.91. The Balaban J connectivity index is 1.27. The van der Waals surface area contributed by atoms with Gasteiger partial charge in [-0.2, -0.15) is 8.42 Å². The van der Waals surface area contributed by atoms with E-state index >= 15 is 0 Å². The smallest absolute Gasteiger partial charge is 0.448 e. The van der Waals surface area contributed by atoms with Crippen LogP contribution in [-0.4, -0.2) is 60.6 Å². The number of anilines is 1. The summed E-state index contributed by atoms with van der Waals surface area (Å²) in [6.07, 6.45) is -0.451. The lowest BCUT2D eigenvalue weighted by atomic mass is 9.98. The molecule has 0 spiro atoms. The Morgan fingerprint density at radius 1 is 0.950 bits per heavy atom. The fourth-order valence-corrected chi connectivity index (χ4v) is 6.72. The fourth-order valence-electron chi connectivity index (χ4n) is 5.37. The van der Waals surface area contributed by atoms with E-state index in [-0.39, 0.29) is 23.8 Å². The lowest BCUT2D eigenvalue weighted by Crippen LogP contribution is -2.49. The first kappa shape index (κ1) is 28.2. The summed E-state index contributed by atoms with van der Waals surface area (Å²) in [6.45, 7) is 3.11. The van der Waals surface area contributed by atoms with E-state index in [2.05, 4.69) is 16.3 Å². The van der Waals surface area contributed by atoms with Crippen LogP contribution in [0, 0.1) is 6.92 Å². The van der Waals surface area contributed by atoms with E-state index in [1.54, 1.807) is 11.8 Å². The minimum atomic E-state index is -5.34. The van der Waals surface area contributed by atoms with Crippen LogP contribution in [0.3, 0.4) is 0 Å². The molecule has 3 aromatic rings. The molecule has 2 aliphatic rings. The highest BCUT2D eigenvalue weighted by atomic mass is 35.7. The summed E-state index contributed by atoms with van der Waals surface area (Å²) < 4.78 is 69.0. The molecule has 0 bridgehead atoms. The molecule has 13 heteroatoms. The molecular weight excluding hydrogens is 583 g/mol. The Labute approximate surface area is 236 Å². The Morgan fingerprint density at radius 3 is 2.08 bits per heavy atom. The third kappa shape index (κ3) is 6.18. The van der Waals surface area contributed by atoms with Gasteiger partial charge in [-0.1, -0.05) is 52.4 Å². The topological polar surface area (TPSA) is 110 Å². The molecule has 1 saturated heterocycles. The van der Waals surface area contributed by atoms with Crippen LogP contribution in [0.4, 0.5) is 14.4 Å². The van der Waals surface area contributed by atoms with Gasteiger partial charge in [0, 0.05) is 54.5 Å². The molecule has 212 valence electrons. The molecule has 1 heterocycles. The molecule has 0 atom stereocenters. The van der Waals surface area contributed by atoms with E-state index in [4.69, 9.17) is 15.4 Å². The number of fused-ring (bicyclic) bond motifs is 3. The zero-order chi connectivity index (χ0) is 28.7. The Hall–Kier alpha value is -3.35. The van der Waals surface area contributed by atoms with Gasteiger partial charge < -0.3 is 18.7 Å². The van der Waals surface area contributed by atoms with Crippen molar-refractivity contribution in [2.75, 3.05) is 37.7 Å². The molecule has 0 aromatic heterocycles. The number of carbonyl (C=O) groups excluding carboxylic acids is 1. The number of benzene rings is 3. The zero-order valence-corrected chi connectivity index (χ0v) is 23.8. The van der Waals surface area contributed by atoms with Gasteiger partial charge in [0.1, 0.15) is 12.4 Å². The van der Waals surface area contributed by atoms with Crippen molar-refractivity contribution in [2.45, 2.75) is 18.6 Å². The summed E-state index contributed by atoms with van der Waals surface area (Å²) in [5.41, 5.74) is 5.64. The van der Waals surface area contributed by atoms with Crippen LogP contribution in [-0.2, 0) is 30.0 Å². The minimum Gasteiger partial charge on any atom is -0.448 e. The summed E-state index contributed by atoms with van der Waals surface area (Å²) in [5.74, 6) is -1.04. The molecule has 0 unspecified atom stereocenters. The standard InChI is InChI=1S/C27H26ClFN2O7S2/c1-18-19(17-39(28,33)34)14-20(38-40(29,35)36)15-26(18)30-10-12-31(13-11-30)27(32)37-16-25-23-8-4-2-6-21(23)22-7-3-5-9-24(22)25/h2-9,14-15,25H,10-13,16-17H2,1H3. The summed E-state index contributed by atoms with van der Waals surface area (Å²) in [4.78, 5) is 16.4. The summed E-state index contributed by atoms with van der Waals surface area (Å²) in [6, 6.07) is 18.6. The average molecular weight is 609 g/mol. The highest BCUT2D eigenvalue weighted by Crippen LogP contribution is 2.44. The molecule has 0 radical (unpaired) electrons. The Bertz CT molecular complexity index is 1630. The maximum atomic E-state index is 13.2. The predicted octanol–water partition coefficient (Wildman–Crippen LogP) is 4.73. The van der Waals surface area contributed by atoms with Crippen molar-refractivity contribution in [3.05, 3.63) is 82.9 Å². The van der Waals surface area contributed by atoms with Crippen molar-refractivity contribution in [3.8, 4) is 16.9 Å². The number of hydrogen-bond donors (Lipinski definition) is 0. The van der Waals surface area contributed by atoms with Gasteiger partial charge in [-0.25, -0.2) is 13.2 Å². The fraction of sp³-hybridized carbons (Fsp3) is 0.296. The Kier molecular flexibility index (Phi) is 7.68. The molecule has 1 amide bonds. The van der Waals surface area contributed by atoms with E-state index in [0.29, 0.717) is 37.4 Å².